The van der Waals surface area contributed by atoms with E-state index in [0.29, 0.717) is 23.9 Å². The van der Waals surface area contributed by atoms with Crippen molar-refractivity contribution >= 4 is 34.9 Å². The normalized spacial score (nSPS) is 10.3. The van der Waals surface area contributed by atoms with Crippen molar-refractivity contribution in [2.45, 2.75) is 13.5 Å². The number of nitrogens with one attached hydrogen (secondary N) is 1. The van der Waals surface area contributed by atoms with Crippen molar-refractivity contribution in [2.24, 2.45) is 0 Å². The topological polar surface area (TPSA) is 58.6 Å². The zero-order chi connectivity index (χ0) is 16.1. The molecule has 0 atom stereocenters. The van der Waals surface area contributed by atoms with Gasteiger partial charge in [0.15, 0.2) is 0 Å². The number of aromatic carboxylic acids is 1. The second kappa shape index (κ2) is 7.38. The fourth-order valence-electron chi connectivity index (χ4n) is 1.98. The second-order valence-electron chi connectivity index (χ2n) is 4.54. The van der Waals surface area contributed by atoms with Crippen LogP contribution in [0.25, 0.3) is 0 Å². The maximum absolute atomic E-state index is 11.1. The van der Waals surface area contributed by atoms with Crippen LogP contribution in [0.1, 0.15) is 22.8 Å². The van der Waals surface area contributed by atoms with Crippen LogP contribution in [0.3, 0.4) is 0 Å². The molecule has 0 aliphatic carbocycles. The number of hydrogen-bond acceptors (Lipinski definition) is 3. The summed E-state index contributed by atoms with van der Waals surface area (Å²) in [6.45, 7) is 2.92. The third-order valence-electron chi connectivity index (χ3n) is 3.00. The third kappa shape index (κ3) is 4.06. The monoisotopic (exact) mass is 339 g/mol. The number of carboxylic acid groups (broad SMARTS) is 1. The van der Waals surface area contributed by atoms with Crippen molar-refractivity contribution in [3.63, 3.8) is 0 Å². The molecule has 4 nitrogen and oxygen atoms in total. The van der Waals surface area contributed by atoms with Crippen LogP contribution in [0.5, 0.6) is 5.75 Å². The van der Waals surface area contributed by atoms with Gasteiger partial charge in [-0.2, -0.15) is 0 Å². The number of halogens is 2. The van der Waals surface area contributed by atoms with E-state index in [1.54, 1.807) is 18.2 Å². The smallest absolute Gasteiger partial charge is 0.337 e. The SMILES string of the molecule is CCOc1ccc(Cl)cc1CNc1ccc(Cl)c(C(=O)O)c1. The van der Waals surface area contributed by atoms with E-state index in [4.69, 9.17) is 33.0 Å². The highest BCUT2D eigenvalue weighted by Crippen LogP contribution is 2.25. The molecule has 0 spiro atoms. The molecule has 116 valence electrons. The number of hydrogen-bond donors (Lipinski definition) is 2. The number of benzene rings is 2. The van der Waals surface area contributed by atoms with Gasteiger partial charge in [-0.3, -0.25) is 0 Å². The highest BCUT2D eigenvalue weighted by atomic mass is 35.5. The highest BCUT2D eigenvalue weighted by Gasteiger charge is 2.10. The lowest BCUT2D eigenvalue weighted by atomic mass is 10.1. The van der Waals surface area contributed by atoms with E-state index in [-0.39, 0.29) is 10.6 Å². The standard InChI is InChI=1S/C16H15Cl2NO3/c1-2-22-15-6-3-11(17)7-10(15)9-19-12-4-5-14(18)13(8-12)16(20)21/h3-8,19H,2,9H2,1H3,(H,20,21). The first-order chi connectivity index (χ1) is 10.5. The van der Waals surface area contributed by atoms with E-state index < -0.39 is 5.97 Å². The van der Waals surface area contributed by atoms with E-state index in [1.807, 2.05) is 19.1 Å². The molecule has 2 aromatic carbocycles. The van der Waals surface area contributed by atoms with Gasteiger partial charge in [0.1, 0.15) is 5.75 Å². The van der Waals surface area contributed by atoms with Crippen molar-refractivity contribution in [3.8, 4) is 5.75 Å². The van der Waals surface area contributed by atoms with Gasteiger partial charge in [-0.05, 0) is 43.3 Å². The minimum absolute atomic E-state index is 0.0581. The molecular formula is C16H15Cl2NO3. The largest absolute Gasteiger partial charge is 0.494 e. The molecule has 0 aromatic heterocycles. The molecule has 0 saturated carbocycles. The molecule has 0 aliphatic heterocycles. The quantitative estimate of drug-likeness (QED) is 0.800. The van der Waals surface area contributed by atoms with Crippen LogP contribution in [0.4, 0.5) is 5.69 Å². The average molecular weight is 340 g/mol. The number of carbonyl (C=O) groups is 1. The average Bonchev–Trinajstić information content (AvgIpc) is 2.48. The van der Waals surface area contributed by atoms with Gasteiger partial charge in [0.2, 0.25) is 0 Å². The number of anilines is 1. The van der Waals surface area contributed by atoms with E-state index in [0.717, 1.165) is 11.3 Å². The molecule has 2 N–H and O–H groups in total. The summed E-state index contributed by atoms with van der Waals surface area (Å²) in [6, 6.07) is 10.2. The Kier molecular flexibility index (Phi) is 5.52. The van der Waals surface area contributed by atoms with E-state index in [2.05, 4.69) is 5.32 Å². The summed E-state index contributed by atoms with van der Waals surface area (Å²) in [4.78, 5) is 11.1. The lowest BCUT2D eigenvalue weighted by Crippen LogP contribution is -2.05. The summed E-state index contributed by atoms with van der Waals surface area (Å²) in [6.07, 6.45) is 0. The van der Waals surface area contributed by atoms with Gasteiger partial charge in [0.25, 0.3) is 0 Å². The summed E-state index contributed by atoms with van der Waals surface area (Å²) >= 11 is 11.9. The summed E-state index contributed by atoms with van der Waals surface area (Å²) < 4.78 is 5.55. The van der Waals surface area contributed by atoms with Crippen LogP contribution in [-0.2, 0) is 6.54 Å². The Bertz CT molecular complexity index is 689. The van der Waals surface area contributed by atoms with Crippen LogP contribution >= 0.6 is 23.2 Å². The zero-order valence-corrected chi connectivity index (χ0v) is 13.4. The predicted octanol–water partition coefficient (Wildman–Crippen LogP) is 4.70. The molecular weight excluding hydrogens is 325 g/mol. The van der Waals surface area contributed by atoms with Crippen molar-refractivity contribution in [3.05, 3.63) is 57.6 Å². The summed E-state index contributed by atoms with van der Waals surface area (Å²) in [7, 11) is 0. The first-order valence-electron chi connectivity index (χ1n) is 6.69. The summed E-state index contributed by atoms with van der Waals surface area (Å²) in [5, 5.41) is 13.0. The summed E-state index contributed by atoms with van der Waals surface area (Å²) in [5.74, 6) is -0.321. The van der Waals surface area contributed by atoms with E-state index in [9.17, 15) is 4.79 Å². The highest BCUT2D eigenvalue weighted by molar-refractivity contribution is 6.33. The van der Waals surface area contributed by atoms with Gasteiger partial charge in [-0.25, -0.2) is 4.79 Å². The number of rotatable bonds is 6. The Morgan fingerprint density at radius 3 is 2.68 bits per heavy atom. The molecule has 0 bridgehead atoms. The van der Waals surface area contributed by atoms with Crippen LogP contribution < -0.4 is 10.1 Å². The fraction of sp³-hybridized carbons (Fsp3) is 0.188. The lowest BCUT2D eigenvalue weighted by Gasteiger charge is -2.13. The molecule has 2 aromatic rings. The molecule has 0 aliphatic rings. The first kappa shape index (κ1) is 16.5. The Labute approximate surface area is 138 Å². The molecule has 0 amide bonds. The van der Waals surface area contributed by atoms with Gasteiger partial charge in [-0.15, -0.1) is 0 Å². The Morgan fingerprint density at radius 1 is 1.23 bits per heavy atom. The van der Waals surface area contributed by atoms with Crippen LogP contribution in [0.15, 0.2) is 36.4 Å². The van der Waals surface area contributed by atoms with Gasteiger partial charge < -0.3 is 15.2 Å². The lowest BCUT2D eigenvalue weighted by molar-refractivity contribution is 0.0697. The molecule has 22 heavy (non-hydrogen) atoms. The minimum Gasteiger partial charge on any atom is -0.494 e. The van der Waals surface area contributed by atoms with Crippen molar-refractivity contribution in [2.75, 3.05) is 11.9 Å². The molecule has 0 saturated heterocycles. The van der Waals surface area contributed by atoms with Crippen molar-refractivity contribution in [1.29, 1.82) is 0 Å². The summed E-state index contributed by atoms with van der Waals surface area (Å²) in [5.41, 5.74) is 1.60. The predicted molar refractivity (Wildman–Crippen MR) is 88.4 cm³/mol. The fourth-order valence-corrected chi connectivity index (χ4v) is 2.37. The van der Waals surface area contributed by atoms with Gasteiger partial charge in [0, 0.05) is 22.8 Å². The maximum atomic E-state index is 11.1. The maximum Gasteiger partial charge on any atom is 0.337 e. The Morgan fingerprint density at radius 2 is 2.00 bits per heavy atom. The molecule has 0 fully saturated rings. The first-order valence-corrected chi connectivity index (χ1v) is 7.44. The second-order valence-corrected chi connectivity index (χ2v) is 5.38. The molecule has 0 heterocycles. The van der Waals surface area contributed by atoms with Gasteiger partial charge in [-0.1, -0.05) is 23.2 Å². The Hall–Kier alpha value is -1.91. The van der Waals surface area contributed by atoms with E-state index >= 15 is 0 Å². The van der Waals surface area contributed by atoms with Gasteiger partial charge >= 0.3 is 5.97 Å². The van der Waals surface area contributed by atoms with Crippen LogP contribution in [-0.4, -0.2) is 17.7 Å². The molecule has 2 rings (SSSR count). The Balaban J connectivity index is 2.18. The van der Waals surface area contributed by atoms with Crippen molar-refractivity contribution < 1.29 is 14.6 Å². The zero-order valence-electron chi connectivity index (χ0n) is 11.9. The molecule has 6 heteroatoms. The van der Waals surface area contributed by atoms with E-state index in [1.165, 1.54) is 6.07 Å². The number of carboxylic acids is 1. The van der Waals surface area contributed by atoms with Crippen LogP contribution in [0.2, 0.25) is 10.0 Å². The molecule has 0 unspecified atom stereocenters. The molecule has 0 radical (unpaired) electrons. The van der Waals surface area contributed by atoms with Crippen LogP contribution in [0, 0.1) is 0 Å². The minimum atomic E-state index is -1.06. The van der Waals surface area contributed by atoms with Crippen molar-refractivity contribution in [1.82, 2.24) is 0 Å². The number of ether oxygens (including phenoxy) is 1. The third-order valence-corrected chi connectivity index (χ3v) is 3.57. The van der Waals surface area contributed by atoms with Gasteiger partial charge in [0.05, 0.1) is 17.2 Å².